The van der Waals surface area contributed by atoms with Gasteiger partial charge in [0.2, 0.25) is 0 Å². The summed E-state index contributed by atoms with van der Waals surface area (Å²) in [5.41, 5.74) is 5.67. The molecular formula is C12H23N5O. The fourth-order valence-corrected chi connectivity index (χ4v) is 1.49. The number of ether oxygens (including phenoxy) is 1. The Morgan fingerprint density at radius 2 is 2.22 bits per heavy atom. The molecule has 6 nitrogen and oxygen atoms in total. The van der Waals surface area contributed by atoms with E-state index in [9.17, 15) is 0 Å². The van der Waals surface area contributed by atoms with Gasteiger partial charge in [0.25, 0.3) is 0 Å². The van der Waals surface area contributed by atoms with E-state index in [4.69, 9.17) is 10.5 Å². The Balaban J connectivity index is 2.79. The fraction of sp³-hybridized carbons (Fsp3) is 0.667. The number of nitrogens with one attached hydrogen (secondary N) is 1. The number of likely N-dealkylation sites (N-methyl/N-ethyl adjacent to an activating group) is 1. The van der Waals surface area contributed by atoms with E-state index in [1.807, 2.05) is 20.0 Å². The Morgan fingerprint density at radius 1 is 1.50 bits per heavy atom. The van der Waals surface area contributed by atoms with Crippen molar-refractivity contribution >= 4 is 11.6 Å². The van der Waals surface area contributed by atoms with Gasteiger partial charge in [0.05, 0.1) is 6.61 Å². The van der Waals surface area contributed by atoms with Crippen LogP contribution in [0.2, 0.25) is 0 Å². The highest BCUT2D eigenvalue weighted by atomic mass is 16.5. The molecule has 1 unspecified atom stereocenters. The number of nitrogens with two attached hydrogens (primary N) is 1. The lowest BCUT2D eigenvalue weighted by atomic mass is 10.3. The molecule has 1 aromatic rings. The molecule has 102 valence electrons. The second-order valence-electron chi connectivity index (χ2n) is 4.27. The van der Waals surface area contributed by atoms with Crippen molar-refractivity contribution in [3.63, 3.8) is 0 Å². The Kier molecular flexibility index (Phi) is 5.80. The molecule has 1 rings (SSSR count). The molecule has 1 heterocycles. The standard InChI is InChI=1S/C12H23N5O/c1-9(8-13)17(3)12-7-11(14-5-6-18-4)15-10(2)16-12/h7,9H,5-6,8,13H2,1-4H3,(H,14,15,16). The van der Waals surface area contributed by atoms with Gasteiger partial charge in [-0.05, 0) is 13.8 Å². The first kappa shape index (κ1) is 14.7. The molecule has 18 heavy (non-hydrogen) atoms. The van der Waals surface area contributed by atoms with Gasteiger partial charge >= 0.3 is 0 Å². The van der Waals surface area contributed by atoms with Gasteiger partial charge in [-0.25, -0.2) is 9.97 Å². The molecule has 0 radical (unpaired) electrons. The van der Waals surface area contributed by atoms with E-state index >= 15 is 0 Å². The summed E-state index contributed by atoms with van der Waals surface area (Å²) in [6.45, 7) is 5.91. The number of nitrogens with zero attached hydrogens (tertiary/aromatic N) is 3. The van der Waals surface area contributed by atoms with Crippen LogP contribution in [0.3, 0.4) is 0 Å². The van der Waals surface area contributed by atoms with Crippen LogP contribution in [-0.2, 0) is 4.74 Å². The third-order valence-electron chi connectivity index (χ3n) is 2.80. The van der Waals surface area contributed by atoms with Crippen molar-refractivity contribution in [1.82, 2.24) is 9.97 Å². The Bertz CT molecular complexity index is 371. The minimum atomic E-state index is 0.242. The maximum absolute atomic E-state index is 5.67. The molecule has 0 aromatic carbocycles. The van der Waals surface area contributed by atoms with Crippen molar-refractivity contribution in [2.24, 2.45) is 5.73 Å². The topological polar surface area (TPSA) is 76.3 Å². The smallest absolute Gasteiger partial charge is 0.134 e. The molecule has 0 saturated carbocycles. The highest BCUT2D eigenvalue weighted by Crippen LogP contribution is 2.16. The molecule has 0 saturated heterocycles. The number of anilines is 2. The van der Waals surface area contributed by atoms with Crippen molar-refractivity contribution in [3.05, 3.63) is 11.9 Å². The first-order chi connectivity index (χ1) is 8.58. The quantitative estimate of drug-likeness (QED) is 0.694. The minimum absolute atomic E-state index is 0.242. The zero-order valence-corrected chi connectivity index (χ0v) is 11.6. The SMILES string of the molecule is COCCNc1cc(N(C)C(C)CN)nc(C)n1. The van der Waals surface area contributed by atoms with Gasteiger partial charge in [-0.2, -0.15) is 0 Å². The molecule has 3 N–H and O–H groups in total. The van der Waals surface area contributed by atoms with Gasteiger partial charge in [0, 0.05) is 39.4 Å². The van der Waals surface area contributed by atoms with E-state index in [2.05, 4.69) is 27.1 Å². The maximum atomic E-state index is 5.67. The largest absolute Gasteiger partial charge is 0.383 e. The molecule has 6 heteroatoms. The monoisotopic (exact) mass is 253 g/mol. The van der Waals surface area contributed by atoms with Gasteiger partial charge in [0.1, 0.15) is 17.5 Å². The van der Waals surface area contributed by atoms with Crippen molar-refractivity contribution in [2.45, 2.75) is 19.9 Å². The highest BCUT2D eigenvalue weighted by Gasteiger charge is 2.11. The van der Waals surface area contributed by atoms with Crippen LogP contribution >= 0.6 is 0 Å². The lowest BCUT2D eigenvalue weighted by Crippen LogP contribution is -2.36. The van der Waals surface area contributed by atoms with E-state index in [1.54, 1.807) is 7.11 Å². The third kappa shape index (κ3) is 4.12. The second-order valence-corrected chi connectivity index (χ2v) is 4.27. The van der Waals surface area contributed by atoms with Crippen LogP contribution in [0.4, 0.5) is 11.6 Å². The van der Waals surface area contributed by atoms with E-state index < -0.39 is 0 Å². The van der Waals surface area contributed by atoms with Crippen LogP contribution in [0.15, 0.2) is 6.07 Å². The molecule has 0 bridgehead atoms. The Labute approximate surface area is 109 Å². The number of methoxy groups -OCH3 is 1. The van der Waals surface area contributed by atoms with Gasteiger partial charge in [-0.15, -0.1) is 0 Å². The number of aryl methyl sites for hydroxylation is 1. The Morgan fingerprint density at radius 3 is 2.83 bits per heavy atom. The average Bonchev–Trinajstić information content (AvgIpc) is 2.36. The molecular weight excluding hydrogens is 230 g/mol. The molecule has 0 aliphatic heterocycles. The molecule has 0 aliphatic carbocycles. The molecule has 0 spiro atoms. The van der Waals surface area contributed by atoms with E-state index in [0.29, 0.717) is 13.2 Å². The lowest BCUT2D eigenvalue weighted by Gasteiger charge is -2.25. The first-order valence-electron chi connectivity index (χ1n) is 6.10. The predicted molar refractivity (Wildman–Crippen MR) is 74.1 cm³/mol. The van der Waals surface area contributed by atoms with Crippen molar-refractivity contribution in [3.8, 4) is 0 Å². The lowest BCUT2D eigenvalue weighted by molar-refractivity contribution is 0.210. The van der Waals surface area contributed by atoms with Gasteiger partial charge in [0.15, 0.2) is 0 Å². The van der Waals surface area contributed by atoms with E-state index in [-0.39, 0.29) is 6.04 Å². The summed E-state index contributed by atoms with van der Waals surface area (Å²) < 4.78 is 4.99. The second kappa shape index (κ2) is 7.13. The summed E-state index contributed by atoms with van der Waals surface area (Å²) in [6, 6.07) is 2.17. The van der Waals surface area contributed by atoms with Crippen LogP contribution < -0.4 is 16.0 Å². The zero-order valence-electron chi connectivity index (χ0n) is 11.6. The normalized spacial score (nSPS) is 12.3. The van der Waals surface area contributed by atoms with Crippen molar-refractivity contribution in [1.29, 1.82) is 0 Å². The minimum Gasteiger partial charge on any atom is -0.383 e. The summed E-state index contributed by atoms with van der Waals surface area (Å²) >= 11 is 0. The fourth-order valence-electron chi connectivity index (χ4n) is 1.49. The van der Waals surface area contributed by atoms with Crippen LogP contribution in [0, 0.1) is 6.92 Å². The number of rotatable bonds is 7. The van der Waals surface area contributed by atoms with Crippen LogP contribution in [0.5, 0.6) is 0 Å². The highest BCUT2D eigenvalue weighted by molar-refractivity contribution is 5.49. The Hall–Kier alpha value is -1.40. The molecule has 0 fully saturated rings. The molecule has 0 aliphatic rings. The third-order valence-corrected chi connectivity index (χ3v) is 2.80. The maximum Gasteiger partial charge on any atom is 0.134 e. The molecule has 1 atom stereocenters. The van der Waals surface area contributed by atoms with Crippen molar-refractivity contribution < 1.29 is 4.74 Å². The number of aromatic nitrogens is 2. The van der Waals surface area contributed by atoms with Crippen molar-refractivity contribution in [2.75, 3.05) is 44.1 Å². The first-order valence-corrected chi connectivity index (χ1v) is 6.10. The average molecular weight is 253 g/mol. The van der Waals surface area contributed by atoms with Gasteiger partial charge in [-0.1, -0.05) is 0 Å². The summed E-state index contributed by atoms with van der Waals surface area (Å²) in [5.74, 6) is 2.43. The zero-order chi connectivity index (χ0) is 13.5. The van der Waals surface area contributed by atoms with Gasteiger partial charge < -0.3 is 20.7 Å². The predicted octanol–water partition coefficient (Wildman–Crippen LogP) is 0.627. The van der Waals surface area contributed by atoms with Crippen LogP contribution in [-0.4, -0.2) is 49.9 Å². The van der Waals surface area contributed by atoms with Crippen LogP contribution in [0.25, 0.3) is 0 Å². The summed E-state index contributed by atoms with van der Waals surface area (Å²) in [4.78, 5) is 10.8. The molecule has 1 aromatic heterocycles. The summed E-state index contributed by atoms with van der Waals surface area (Å²) in [5, 5.41) is 3.20. The molecule has 0 amide bonds. The number of hydrogen-bond acceptors (Lipinski definition) is 6. The van der Waals surface area contributed by atoms with Gasteiger partial charge in [-0.3, -0.25) is 0 Å². The van der Waals surface area contributed by atoms with E-state index in [0.717, 1.165) is 24.0 Å². The van der Waals surface area contributed by atoms with Crippen LogP contribution in [0.1, 0.15) is 12.7 Å². The number of hydrogen-bond donors (Lipinski definition) is 2. The summed E-state index contributed by atoms with van der Waals surface area (Å²) in [7, 11) is 3.66. The summed E-state index contributed by atoms with van der Waals surface area (Å²) in [6.07, 6.45) is 0. The van der Waals surface area contributed by atoms with E-state index in [1.165, 1.54) is 0 Å².